The number of carbonyl (C=O) groups is 1. The Bertz CT molecular complexity index is 384. The highest BCUT2D eigenvalue weighted by atomic mass is 16.1. The predicted molar refractivity (Wildman–Crippen MR) is 68.9 cm³/mol. The van der Waals surface area contributed by atoms with Gasteiger partial charge in [0.2, 0.25) is 5.91 Å². The van der Waals surface area contributed by atoms with Gasteiger partial charge in [-0.1, -0.05) is 24.3 Å². The molecule has 2 N–H and O–H groups in total. The fourth-order valence-corrected chi connectivity index (χ4v) is 2.23. The summed E-state index contributed by atoms with van der Waals surface area (Å²) in [5.41, 5.74) is 2.61. The van der Waals surface area contributed by atoms with E-state index in [-0.39, 0.29) is 11.8 Å². The average molecular weight is 232 g/mol. The number of hydrogen-bond donors (Lipinski definition) is 2. The van der Waals surface area contributed by atoms with Crippen LogP contribution in [0.25, 0.3) is 0 Å². The highest BCUT2D eigenvalue weighted by molar-refractivity contribution is 5.79. The lowest BCUT2D eigenvalue weighted by atomic mass is 10.1. The first-order valence-corrected chi connectivity index (χ1v) is 6.30. The summed E-state index contributed by atoms with van der Waals surface area (Å²) in [6.45, 7) is 4.64. The van der Waals surface area contributed by atoms with E-state index < -0.39 is 0 Å². The molecule has 1 amide bonds. The quantitative estimate of drug-likeness (QED) is 0.820. The molecule has 0 aromatic heterocycles. The number of rotatable bonds is 4. The molecule has 1 aromatic rings. The maximum absolute atomic E-state index is 11.8. The first-order chi connectivity index (χ1) is 8.27. The van der Waals surface area contributed by atoms with Crippen LogP contribution in [0, 0.1) is 12.8 Å². The summed E-state index contributed by atoms with van der Waals surface area (Å²) >= 11 is 0. The smallest absolute Gasteiger partial charge is 0.224 e. The second-order valence-corrected chi connectivity index (χ2v) is 4.66. The maximum Gasteiger partial charge on any atom is 0.224 e. The van der Waals surface area contributed by atoms with Crippen LogP contribution in [0.5, 0.6) is 0 Å². The van der Waals surface area contributed by atoms with Crippen LogP contribution in [0.1, 0.15) is 17.5 Å². The van der Waals surface area contributed by atoms with Crippen molar-refractivity contribution < 1.29 is 4.79 Å². The van der Waals surface area contributed by atoms with Gasteiger partial charge in [0.25, 0.3) is 0 Å². The summed E-state index contributed by atoms with van der Waals surface area (Å²) in [5, 5.41) is 6.23. The Morgan fingerprint density at radius 2 is 2.29 bits per heavy atom. The van der Waals surface area contributed by atoms with E-state index in [1.54, 1.807) is 0 Å². The number of carbonyl (C=O) groups excluding carboxylic acids is 1. The molecule has 1 atom stereocenters. The van der Waals surface area contributed by atoms with Crippen molar-refractivity contribution in [2.45, 2.75) is 19.8 Å². The summed E-state index contributed by atoms with van der Waals surface area (Å²) in [6.07, 6.45) is 1.88. The van der Waals surface area contributed by atoms with Crippen LogP contribution in [0.15, 0.2) is 24.3 Å². The lowest BCUT2D eigenvalue weighted by Crippen LogP contribution is -2.33. The van der Waals surface area contributed by atoms with E-state index >= 15 is 0 Å². The highest BCUT2D eigenvalue weighted by Crippen LogP contribution is 2.09. The van der Waals surface area contributed by atoms with Gasteiger partial charge in [-0.05, 0) is 37.4 Å². The third-order valence-corrected chi connectivity index (χ3v) is 3.39. The zero-order valence-corrected chi connectivity index (χ0v) is 10.3. The fourth-order valence-electron chi connectivity index (χ4n) is 2.23. The highest BCUT2D eigenvalue weighted by Gasteiger charge is 2.21. The Labute approximate surface area is 103 Å². The Kier molecular flexibility index (Phi) is 4.15. The number of aryl methyl sites for hydroxylation is 1. The van der Waals surface area contributed by atoms with Gasteiger partial charge in [0.15, 0.2) is 0 Å². The van der Waals surface area contributed by atoms with Crippen molar-refractivity contribution in [2.24, 2.45) is 5.92 Å². The Hall–Kier alpha value is -1.35. The molecule has 0 saturated carbocycles. The van der Waals surface area contributed by atoms with Crippen LogP contribution in [-0.4, -0.2) is 25.5 Å². The van der Waals surface area contributed by atoms with E-state index in [9.17, 15) is 4.79 Å². The summed E-state index contributed by atoms with van der Waals surface area (Å²) in [6, 6.07) is 8.32. The molecule has 17 heavy (non-hydrogen) atoms. The first kappa shape index (κ1) is 12.1. The third-order valence-electron chi connectivity index (χ3n) is 3.39. The normalized spacial score (nSPS) is 19.2. The molecule has 92 valence electrons. The van der Waals surface area contributed by atoms with Crippen molar-refractivity contribution in [3.05, 3.63) is 35.4 Å². The second kappa shape index (κ2) is 5.82. The molecule has 1 unspecified atom stereocenters. The molecular formula is C14H20N2O. The van der Waals surface area contributed by atoms with Gasteiger partial charge in [-0.2, -0.15) is 0 Å². The number of nitrogens with one attached hydrogen (secondary N) is 2. The van der Waals surface area contributed by atoms with Crippen LogP contribution in [0.3, 0.4) is 0 Å². The zero-order valence-electron chi connectivity index (χ0n) is 10.3. The average Bonchev–Trinajstić information content (AvgIpc) is 2.85. The van der Waals surface area contributed by atoms with Gasteiger partial charge in [0.05, 0.1) is 5.92 Å². The van der Waals surface area contributed by atoms with E-state index in [0.29, 0.717) is 0 Å². The van der Waals surface area contributed by atoms with Crippen molar-refractivity contribution in [1.82, 2.24) is 10.6 Å². The molecule has 1 aliphatic rings. The van der Waals surface area contributed by atoms with Crippen molar-refractivity contribution in [3.8, 4) is 0 Å². The molecular weight excluding hydrogens is 212 g/mol. The molecule has 1 fully saturated rings. The Morgan fingerprint density at radius 1 is 1.47 bits per heavy atom. The Balaban J connectivity index is 1.76. The SMILES string of the molecule is Cc1ccccc1CCNC(=O)C1CCNC1. The summed E-state index contributed by atoms with van der Waals surface area (Å²) < 4.78 is 0. The predicted octanol–water partition coefficient (Wildman–Crippen LogP) is 1.26. The van der Waals surface area contributed by atoms with Crippen LogP contribution in [0.2, 0.25) is 0 Å². The van der Waals surface area contributed by atoms with E-state index in [1.165, 1.54) is 11.1 Å². The standard InChI is InChI=1S/C14H20N2O/c1-11-4-2-3-5-12(11)7-9-16-14(17)13-6-8-15-10-13/h2-5,13,15H,6-10H2,1H3,(H,16,17). The topological polar surface area (TPSA) is 41.1 Å². The van der Waals surface area contributed by atoms with Crippen LogP contribution >= 0.6 is 0 Å². The molecule has 1 aromatic carbocycles. The summed E-state index contributed by atoms with van der Waals surface area (Å²) in [5.74, 6) is 0.371. The molecule has 1 saturated heterocycles. The van der Waals surface area contributed by atoms with Crippen LogP contribution < -0.4 is 10.6 Å². The minimum Gasteiger partial charge on any atom is -0.355 e. The fraction of sp³-hybridized carbons (Fsp3) is 0.500. The molecule has 0 spiro atoms. The number of amides is 1. The summed E-state index contributed by atoms with van der Waals surface area (Å²) in [7, 11) is 0. The molecule has 1 heterocycles. The van der Waals surface area contributed by atoms with Gasteiger partial charge in [-0.3, -0.25) is 4.79 Å². The minimum atomic E-state index is 0.173. The molecule has 3 nitrogen and oxygen atoms in total. The van der Waals surface area contributed by atoms with Gasteiger partial charge in [-0.15, -0.1) is 0 Å². The molecule has 3 heteroatoms. The van der Waals surface area contributed by atoms with Crippen molar-refractivity contribution in [1.29, 1.82) is 0 Å². The number of hydrogen-bond acceptors (Lipinski definition) is 2. The molecule has 0 bridgehead atoms. The molecule has 1 aliphatic heterocycles. The second-order valence-electron chi connectivity index (χ2n) is 4.66. The van der Waals surface area contributed by atoms with Crippen molar-refractivity contribution in [3.63, 3.8) is 0 Å². The molecule has 0 radical (unpaired) electrons. The largest absolute Gasteiger partial charge is 0.355 e. The number of benzene rings is 1. The van der Waals surface area contributed by atoms with E-state index in [0.717, 1.165) is 32.5 Å². The monoisotopic (exact) mass is 232 g/mol. The maximum atomic E-state index is 11.8. The van der Waals surface area contributed by atoms with E-state index in [4.69, 9.17) is 0 Å². The van der Waals surface area contributed by atoms with Crippen molar-refractivity contribution >= 4 is 5.91 Å². The molecule has 2 rings (SSSR count). The van der Waals surface area contributed by atoms with Gasteiger partial charge in [0.1, 0.15) is 0 Å². The van der Waals surface area contributed by atoms with Gasteiger partial charge in [0, 0.05) is 13.1 Å². The van der Waals surface area contributed by atoms with Crippen LogP contribution in [-0.2, 0) is 11.2 Å². The third kappa shape index (κ3) is 3.30. The molecule has 0 aliphatic carbocycles. The van der Waals surface area contributed by atoms with Gasteiger partial charge in [-0.25, -0.2) is 0 Å². The van der Waals surface area contributed by atoms with E-state index in [1.807, 2.05) is 12.1 Å². The van der Waals surface area contributed by atoms with E-state index in [2.05, 4.69) is 29.7 Å². The van der Waals surface area contributed by atoms with Gasteiger partial charge >= 0.3 is 0 Å². The Morgan fingerprint density at radius 3 is 3.00 bits per heavy atom. The summed E-state index contributed by atoms with van der Waals surface area (Å²) in [4.78, 5) is 11.8. The zero-order chi connectivity index (χ0) is 12.1. The lowest BCUT2D eigenvalue weighted by molar-refractivity contribution is -0.124. The first-order valence-electron chi connectivity index (χ1n) is 6.30. The lowest BCUT2D eigenvalue weighted by Gasteiger charge is -2.10. The minimum absolute atomic E-state index is 0.173. The van der Waals surface area contributed by atoms with Gasteiger partial charge < -0.3 is 10.6 Å². The van der Waals surface area contributed by atoms with Crippen molar-refractivity contribution in [2.75, 3.05) is 19.6 Å². The van der Waals surface area contributed by atoms with Crippen LogP contribution in [0.4, 0.5) is 0 Å².